The highest BCUT2D eigenvalue weighted by atomic mass is 32.2. The van der Waals surface area contributed by atoms with E-state index >= 15 is 0 Å². The highest BCUT2D eigenvalue weighted by Crippen LogP contribution is 2.46. The molecular weight excluding hydrogens is 482 g/mol. The molecule has 2 aromatic carbocycles. The number of thioether (sulfide) groups is 1. The largest absolute Gasteiger partial charge is 0.325 e. The van der Waals surface area contributed by atoms with E-state index in [1.165, 1.54) is 30.0 Å². The minimum Gasteiger partial charge on any atom is -0.324 e. The molecule has 0 aliphatic heterocycles. The van der Waals surface area contributed by atoms with Crippen molar-refractivity contribution in [2.45, 2.75) is 68.2 Å². The van der Waals surface area contributed by atoms with Crippen LogP contribution in [0.3, 0.4) is 0 Å². The second-order valence-corrected chi connectivity index (χ2v) is 12.0. The fraction of sp³-hybridized carbons (Fsp3) is 0.520. The molecule has 3 N–H and O–H groups in total. The van der Waals surface area contributed by atoms with E-state index in [0.29, 0.717) is 12.3 Å². The van der Waals surface area contributed by atoms with E-state index in [1.54, 1.807) is 6.07 Å². The summed E-state index contributed by atoms with van der Waals surface area (Å²) in [4.78, 5) is 17.9. The zero-order chi connectivity index (χ0) is 24.6. The van der Waals surface area contributed by atoms with E-state index in [-0.39, 0.29) is 40.8 Å². The molecule has 1 fully saturated rings. The zero-order valence-corrected chi connectivity index (χ0v) is 21.0. The molecule has 0 bridgehead atoms. The van der Waals surface area contributed by atoms with Crippen molar-refractivity contribution in [2.75, 3.05) is 18.5 Å². The molecule has 0 atom stereocenters. The molecule has 34 heavy (non-hydrogen) atoms. The van der Waals surface area contributed by atoms with Gasteiger partial charge in [-0.2, -0.15) is 0 Å². The van der Waals surface area contributed by atoms with Crippen LogP contribution < -0.4 is 5.32 Å². The smallest absolute Gasteiger partial charge is 0.324 e. The molecule has 1 saturated carbocycles. The van der Waals surface area contributed by atoms with E-state index in [0.717, 1.165) is 50.5 Å². The Kier molecular flexibility index (Phi) is 10.1. The van der Waals surface area contributed by atoms with Crippen LogP contribution in [0.1, 0.15) is 62.5 Å². The Balaban J connectivity index is 1.45. The summed E-state index contributed by atoms with van der Waals surface area (Å²) in [6.45, 7) is 0.393. The van der Waals surface area contributed by atoms with Crippen molar-refractivity contribution in [2.24, 2.45) is 0 Å². The lowest BCUT2D eigenvalue weighted by atomic mass is 9.75. The van der Waals surface area contributed by atoms with E-state index in [2.05, 4.69) is 5.32 Å². The molecule has 0 unspecified atom stereocenters. The minimum atomic E-state index is -4.04. The Labute approximate surface area is 203 Å². The number of hydrogen-bond acceptors (Lipinski definition) is 3. The summed E-state index contributed by atoms with van der Waals surface area (Å²) < 4.78 is 54.2. The van der Waals surface area contributed by atoms with E-state index < -0.39 is 19.2 Å². The molecule has 9 heteroatoms. The number of rotatable bonds is 13. The first-order valence-corrected chi connectivity index (χ1v) is 14.6. The van der Waals surface area contributed by atoms with Gasteiger partial charge in [-0.1, -0.05) is 37.5 Å². The molecule has 0 saturated heterocycles. The topological polar surface area (TPSA) is 69.6 Å². The highest BCUT2D eigenvalue weighted by Gasteiger charge is 2.36. The van der Waals surface area contributed by atoms with Gasteiger partial charge in [0.2, 0.25) is 0 Å². The highest BCUT2D eigenvalue weighted by molar-refractivity contribution is 7.99. The van der Waals surface area contributed by atoms with Crippen molar-refractivity contribution < 1.29 is 27.5 Å². The van der Waals surface area contributed by atoms with Gasteiger partial charge >= 0.3 is 7.60 Å². The average Bonchev–Trinajstić information content (AvgIpc) is 3.25. The van der Waals surface area contributed by atoms with Crippen LogP contribution in [0.5, 0.6) is 0 Å². The van der Waals surface area contributed by atoms with Gasteiger partial charge in [-0.05, 0) is 73.6 Å². The van der Waals surface area contributed by atoms with Crippen molar-refractivity contribution >= 4 is 19.4 Å². The third-order valence-corrected chi connectivity index (χ3v) is 8.55. The van der Waals surface area contributed by atoms with Crippen LogP contribution >= 0.6 is 19.4 Å². The van der Waals surface area contributed by atoms with Crippen LogP contribution in [0.4, 0.5) is 13.2 Å². The molecular formula is C25H33F3NO3PS. The van der Waals surface area contributed by atoms with Gasteiger partial charge in [0.1, 0.15) is 17.5 Å². The fourth-order valence-electron chi connectivity index (χ4n) is 4.79. The van der Waals surface area contributed by atoms with Gasteiger partial charge in [0, 0.05) is 17.0 Å². The molecule has 2 aromatic rings. The summed E-state index contributed by atoms with van der Waals surface area (Å²) in [5.41, 5.74) is 0.901. The van der Waals surface area contributed by atoms with Gasteiger partial charge < -0.3 is 15.1 Å². The van der Waals surface area contributed by atoms with Crippen molar-refractivity contribution in [3.8, 4) is 0 Å². The van der Waals surface area contributed by atoms with Crippen molar-refractivity contribution in [1.82, 2.24) is 5.32 Å². The lowest BCUT2D eigenvalue weighted by Gasteiger charge is -2.30. The first-order valence-electron chi connectivity index (χ1n) is 11.8. The number of benzene rings is 2. The minimum absolute atomic E-state index is 0.0903. The Hall–Kier alpha value is -1.31. The van der Waals surface area contributed by atoms with E-state index in [9.17, 15) is 17.7 Å². The summed E-state index contributed by atoms with van der Waals surface area (Å²) in [7, 11) is -4.04. The fourth-order valence-corrected chi connectivity index (χ4v) is 6.32. The molecule has 0 heterocycles. The number of unbranched alkanes of at least 4 members (excludes halogenated alkanes) is 1. The molecule has 0 radical (unpaired) electrons. The maximum Gasteiger partial charge on any atom is 0.325 e. The third kappa shape index (κ3) is 7.85. The van der Waals surface area contributed by atoms with Gasteiger partial charge in [-0.15, -0.1) is 11.8 Å². The Morgan fingerprint density at radius 3 is 2.41 bits per heavy atom. The summed E-state index contributed by atoms with van der Waals surface area (Å²) in [5, 5.41) is 2.89. The molecule has 1 aliphatic rings. The second-order valence-electron chi connectivity index (χ2n) is 9.07. The van der Waals surface area contributed by atoms with Crippen LogP contribution in [0.2, 0.25) is 0 Å². The van der Waals surface area contributed by atoms with E-state index in [4.69, 9.17) is 9.79 Å². The SMILES string of the molecule is O=P(O)(O)CCCNCc1cc(F)c(SCCCCC2(c3ccccc3F)CCCC2)cc1F. The van der Waals surface area contributed by atoms with Crippen LogP contribution in [0.25, 0.3) is 0 Å². The Morgan fingerprint density at radius 1 is 0.971 bits per heavy atom. The van der Waals surface area contributed by atoms with Crippen molar-refractivity contribution in [1.29, 1.82) is 0 Å². The van der Waals surface area contributed by atoms with Crippen molar-refractivity contribution in [3.05, 3.63) is 65.0 Å². The van der Waals surface area contributed by atoms with Gasteiger partial charge in [0.15, 0.2) is 0 Å². The second kappa shape index (κ2) is 12.6. The summed E-state index contributed by atoms with van der Waals surface area (Å²) >= 11 is 1.29. The van der Waals surface area contributed by atoms with Crippen LogP contribution in [-0.4, -0.2) is 28.2 Å². The number of hydrogen-bond donors (Lipinski definition) is 3. The zero-order valence-electron chi connectivity index (χ0n) is 19.2. The quantitative estimate of drug-likeness (QED) is 0.161. The maximum absolute atomic E-state index is 14.5. The predicted octanol–water partition coefficient (Wildman–Crippen LogP) is 6.54. The monoisotopic (exact) mass is 515 g/mol. The first kappa shape index (κ1) is 27.3. The first-order chi connectivity index (χ1) is 16.2. The summed E-state index contributed by atoms with van der Waals surface area (Å²) in [6, 6.07) is 9.45. The van der Waals surface area contributed by atoms with Crippen LogP contribution in [0.15, 0.2) is 41.3 Å². The van der Waals surface area contributed by atoms with Gasteiger partial charge in [-0.3, -0.25) is 4.57 Å². The molecule has 4 nitrogen and oxygen atoms in total. The lowest BCUT2D eigenvalue weighted by Crippen LogP contribution is -2.23. The van der Waals surface area contributed by atoms with Gasteiger partial charge in [0.05, 0.1) is 6.16 Å². The van der Waals surface area contributed by atoms with Crippen molar-refractivity contribution in [3.63, 3.8) is 0 Å². The molecule has 0 spiro atoms. The predicted molar refractivity (Wildman–Crippen MR) is 131 cm³/mol. The lowest BCUT2D eigenvalue weighted by molar-refractivity contribution is 0.371. The molecule has 1 aliphatic carbocycles. The molecule has 188 valence electrons. The van der Waals surface area contributed by atoms with Gasteiger partial charge in [-0.25, -0.2) is 13.2 Å². The normalized spacial score (nSPS) is 15.7. The van der Waals surface area contributed by atoms with Crippen LogP contribution in [-0.2, 0) is 16.5 Å². The Morgan fingerprint density at radius 2 is 1.71 bits per heavy atom. The van der Waals surface area contributed by atoms with E-state index in [1.807, 2.05) is 12.1 Å². The number of nitrogens with one attached hydrogen (secondary N) is 1. The number of halogens is 3. The van der Waals surface area contributed by atoms with Gasteiger partial charge in [0.25, 0.3) is 0 Å². The summed E-state index contributed by atoms with van der Waals surface area (Å²) in [6.07, 6.45) is 6.86. The Bertz CT molecular complexity index is 995. The third-order valence-electron chi connectivity index (χ3n) is 6.53. The molecule has 0 aromatic heterocycles. The summed E-state index contributed by atoms with van der Waals surface area (Å²) in [5.74, 6) is -0.454. The molecule has 0 amide bonds. The average molecular weight is 516 g/mol. The molecule has 3 rings (SSSR count). The maximum atomic E-state index is 14.5. The standard InChI is InChI=1S/C25H33F3NO3PS/c26-21-9-2-1-8-20(21)25(10-3-4-11-25)12-5-6-15-34-24-17-22(27)19(16-23(24)28)18-29-13-7-14-33(30,31)32/h1-2,8-9,16-17,29H,3-7,10-15,18H2,(H2,30,31,32). The van der Waals surface area contributed by atoms with Crippen LogP contribution in [0, 0.1) is 17.5 Å².